The summed E-state index contributed by atoms with van der Waals surface area (Å²) in [5.74, 6) is 0.815. The number of benzene rings is 2. The SMILES string of the molecule is Cn1c(-c2ccccc2)nc2c(C#N)c3ccccc3nc21. The average Bonchev–Trinajstić information content (AvgIpc) is 2.90. The Morgan fingerprint density at radius 2 is 1.68 bits per heavy atom. The summed E-state index contributed by atoms with van der Waals surface area (Å²) in [4.78, 5) is 9.36. The predicted molar refractivity (Wildman–Crippen MR) is 86.2 cm³/mol. The van der Waals surface area contributed by atoms with Gasteiger partial charge in [-0.15, -0.1) is 0 Å². The van der Waals surface area contributed by atoms with E-state index in [0.717, 1.165) is 27.9 Å². The first-order valence-electron chi connectivity index (χ1n) is 7.00. The van der Waals surface area contributed by atoms with E-state index in [1.807, 2.05) is 66.2 Å². The Bertz CT molecular complexity index is 1040. The maximum Gasteiger partial charge on any atom is 0.162 e. The fourth-order valence-electron chi connectivity index (χ4n) is 2.77. The standard InChI is InChI=1S/C18H12N4/c1-22-17(12-7-3-2-4-8-12)21-16-14(11-19)13-9-5-6-10-15(13)20-18(16)22/h2-10H,1H3. The van der Waals surface area contributed by atoms with E-state index in [1.165, 1.54) is 0 Å². The highest BCUT2D eigenvalue weighted by molar-refractivity contribution is 5.98. The van der Waals surface area contributed by atoms with E-state index in [-0.39, 0.29) is 0 Å². The molecule has 4 rings (SSSR count). The molecule has 0 aliphatic rings. The van der Waals surface area contributed by atoms with Crippen LogP contribution in [-0.4, -0.2) is 14.5 Å². The minimum atomic E-state index is 0.582. The number of rotatable bonds is 1. The molecule has 0 radical (unpaired) electrons. The zero-order chi connectivity index (χ0) is 15.1. The van der Waals surface area contributed by atoms with Gasteiger partial charge in [0.05, 0.1) is 11.1 Å². The monoisotopic (exact) mass is 284 g/mol. The van der Waals surface area contributed by atoms with Crippen LogP contribution in [-0.2, 0) is 7.05 Å². The van der Waals surface area contributed by atoms with Gasteiger partial charge in [0.25, 0.3) is 0 Å². The Labute approximate surface area is 127 Å². The lowest BCUT2D eigenvalue weighted by Crippen LogP contribution is -1.94. The van der Waals surface area contributed by atoms with Crippen molar-refractivity contribution >= 4 is 22.1 Å². The van der Waals surface area contributed by atoms with E-state index in [2.05, 4.69) is 16.0 Å². The summed E-state index contributed by atoms with van der Waals surface area (Å²) in [6, 6.07) is 19.9. The molecule has 4 heteroatoms. The molecule has 22 heavy (non-hydrogen) atoms. The highest BCUT2D eigenvalue weighted by Gasteiger charge is 2.16. The predicted octanol–water partition coefficient (Wildman–Crippen LogP) is 3.66. The maximum absolute atomic E-state index is 9.58. The Hall–Kier alpha value is -3.19. The van der Waals surface area contributed by atoms with Crippen molar-refractivity contribution in [3.05, 3.63) is 60.2 Å². The minimum absolute atomic E-state index is 0.582. The van der Waals surface area contributed by atoms with Crippen LogP contribution in [0.1, 0.15) is 5.56 Å². The molecule has 0 aliphatic heterocycles. The summed E-state index contributed by atoms with van der Waals surface area (Å²) >= 11 is 0. The van der Waals surface area contributed by atoms with Crippen molar-refractivity contribution in [2.45, 2.75) is 0 Å². The molecule has 0 bridgehead atoms. The molecule has 0 amide bonds. The van der Waals surface area contributed by atoms with Gasteiger partial charge in [-0.25, -0.2) is 9.97 Å². The van der Waals surface area contributed by atoms with Crippen molar-refractivity contribution in [3.8, 4) is 17.5 Å². The third-order valence-corrected chi connectivity index (χ3v) is 3.85. The number of nitrogens with zero attached hydrogens (tertiary/aromatic N) is 4. The summed E-state index contributed by atoms with van der Waals surface area (Å²) in [7, 11) is 1.93. The molecule has 0 spiro atoms. The Balaban J connectivity index is 2.15. The third kappa shape index (κ3) is 1.69. The molecule has 4 nitrogen and oxygen atoms in total. The second-order valence-corrected chi connectivity index (χ2v) is 5.15. The van der Waals surface area contributed by atoms with Gasteiger partial charge in [-0.3, -0.25) is 0 Å². The van der Waals surface area contributed by atoms with Gasteiger partial charge in [0, 0.05) is 18.0 Å². The van der Waals surface area contributed by atoms with Gasteiger partial charge in [-0.2, -0.15) is 5.26 Å². The molecule has 104 valence electrons. The van der Waals surface area contributed by atoms with Crippen LogP contribution in [0.2, 0.25) is 0 Å². The van der Waals surface area contributed by atoms with Crippen LogP contribution in [0.4, 0.5) is 0 Å². The fourth-order valence-corrected chi connectivity index (χ4v) is 2.77. The van der Waals surface area contributed by atoms with E-state index in [4.69, 9.17) is 0 Å². The number of para-hydroxylation sites is 1. The molecule has 0 unspecified atom stereocenters. The zero-order valence-electron chi connectivity index (χ0n) is 12.0. The van der Waals surface area contributed by atoms with Crippen LogP contribution in [0.25, 0.3) is 33.5 Å². The molecule has 0 saturated heterocycles. The molecule has 2 heterocycles. The van der Waals surface area contributed by atoms with Gasteiger partial charge >= 0.3 is 0 Å². The van der Waals surface area contributed by atoms with E-state index < -0.39 is 0 Å². The number of hydrogen-bond acceptors (Lipinski definition) is 3. The topological polar surface area (TPSA) is 54.5 Å². The molecule has 0 atom stereocenters. The van der Waals surface area contributed by atoms with Gasteiger partial charge < -0.3 is 4.57 Å². The molecule has 0 N–H and O–H groups in total. The van der Waals surface area contributed by atoms with Gasteiger partial charge in [0.15, 0.2) is 5.65 Å². The highest BCUT2D eigenvalue weighted by atomic mass is 15.1. The van der Waals surface area contributed by atoms with Crippen LogP contribution in [0.3, 0.4) is 0 Å². The lowest BCUT2D eigenvalue weighted by Gasteiger charge is -2.02. The smallest absolute Gasteiger partial charge is 0.162 e. The second kappa shape index (κ2) is 4.68. The zero-order valence-corrected chi connectivity index (χ0v) is 12.0. The van der Waals surface area contributed by atoms with E-state index in [9.17, 15) is 5.26 Å². The summed E-state index contributed by atoms with van der Waals surface area (Å²) in [5, 5.41) is 10.4. The van der Waals surface area contributed by atoms with Crippen LogP contribution in [0, 0.1) is 11.3 Å². The van der Waals surface area contributed by atoms with E-state index >= 15 is 0 Å². The lowest BCUT2D eigenvalue weighted by atomic mass is 10.1. The molecule has 0 aliphatic carbocycles. The average molecular weight is 284 g/mol. The minimum Gasteiger partial charge on any atom is -0.312 e. The number of hydrogen-bond donors (Lipinski definition) is 0. The summed E-state index contributed by atoms with van der Waals surface area (Å²) in [6.45, 7) is 0. The van der Waals surface area contributed by atoms with Crippen molar-refractivity contribution in [3.63, 3.8) is 0 Å². The summed E-state index contributed by atoms with van der Waals surface area (Å²) < 4.78 is 1.94. The number of aromatic nitrogens is 3. The van der Waals surface area contributed by atoms with E-state index in [0.29, 0.717) is 11.1 Å². The molecule has 0 saturated carbocycles. The molecule has 2 aromatic carbocycles. The van der Waals surface area contributed by atoms with Crippen molar-refractivity contribution in [1.29, 1.82) is 5.26 Å². The largest absolute Gasteiger partial charge is 0.312 e. The van der Waals surface area contributed by atoms with Gasteiger partial charge in [0.2, 0.25) is 0 Å². The first-order valence-corrected chi connectivity index (χ1v) is 7.00. The van der Waals surface area contributed by atoms with Crippen LogP contribution < -0.4 is 0 Å². The maximum atomic E-state index is 9.58. The summed E-state index contributed by atoms with van der Waals surface area (Å²) in [5.41, 5.74) is 3.79. The number of fused-ring (bicyclic) bond motifs is 2. The fraction of sp³-hybridized carbons (Fsp3) is 0.0556. The van der Waals surface area contributed by atoms with Crippen molar-refractivity contribution in [2.75, 3.05) is 0 Å². The molecular weight excluding hydrogens is 272 g/mol. The Kier molecular flexibility index (Phi) is 2.67. The van der Waals surface area contributed by atoms with E-state index in [1.54, 1.807) is 0 Å². The van der Waals surface area contributed by atoms with Crippen LogP contribution >= 0.6 is 0 Å². The lowest BCUT2D eigenvalue weighted by molar-refractivity contribution is 0.945. The first-order chi connectivity index (χ1) is 10.8. The first kappa shape index (κ1) is 12.5. The molecule has 2 aromatic heterocycles. The molecule has 4 aromatic rings. The Morgan fingerprint density at radius 1 is 0.955 bits per heavy atom. The quantitative estimate of drug-likeness (QED) is 0.536. The van der Waals surface area contributed by atoms with Crippen LogP contribution in [0.15, 0.2) is 54.6 Å². The van der Waals surface area contributed by atoms with Gasteiger partial charge in [-0.05, 0) is 6.07 Å². The third-order valence-electron chi connectivity index (χ3n) is 3.85. The van der Waals surface area contributed by atoms with Gasteiger partial charge in [-0.1, -0.05) is 48.5 Å². The van der Waals surface area contributed by atoms with Crippen molar-refractivity contribution in [1.82, 2.24) is 14.5 Å². The number of nitriles is 1. The highest BCUT2D eigenvalue weighted by Crippen LogP contribution is 2.28. The summed E-state index contributed by atoms with van der Waals surface area (Å²) in [6.07, 6.45) is 0. The van der Waals surface area contributed by atoms with Crippen molar-refractivity contribution in [2.24, 2.45) is 7.05 Å². The van der Waals surface area contributed by atoms with Gasteiger partial charge in [0.1, 0.15) is 17.4 Å². The molecular formula is C18H12N4. The number of imidazole rings is 1. The van der Waals surface area contributed by atoms with Crippen LogP contribution in [0.5, 0.6) is 0 Å². The van der Waals surface area contributed by atoms with Crippen molar-refractivity contribution < 1.29 is 0 Å². The molecule has 0 fully saturated rings. The number of pyridine rings is 1. The second-order valence-electron chi connectivity index (χ2n) is 5.15. The Morgan fingerprint density at radius 3 is 2.45 bits per heavy atom. The normalized spacial score (nSPS) is 10.9. The number of aryl methyl sites for hydroxylation is 1.